The van der Waals surface area contributed by atoms with E-state index in [-0.39, 0.29) is 0 Å². The Hall–Kier alpha value is -8.34. The number of hydrogen-bond donors (Lipinski definition) is 0. The van der Waals surface area contributed by atoms with Gasteiger partial charge < -0.3 is 8.83 Å². The van der Waals surface area contributed by atoms with Crippen LogP contribution < -0.4 is 0 Å². The van der Waals surface area contributed by atoms with Gasteiger partial charge in [0.15, 0.2) is 0 Å². The molecule has 10 aromatic carbocycles. The van der Waals surface area contributed by atoms with Crippen molar-refractivity contribution in [3.63, 3.8) is 0 Å². The zero-order valence-corrected chi connectivity index (χ0v) is 33.3. The first-order valence-electron chi connectivity index (χ1n) is 21.0. The Bertz CT molecular complexity index is 3780. The molecule has 0 N–H and O–H groups in total. The number of benzene rings is 10. The Kier molecular flexibility index (Phi) is 7.57. The molecular weight excluding hydrogens is 757 g/mol. The lowest BCUT2D eigenvalue weighted by Gasteiger charge is -2.17. The van der Waals surface area contributed by atoms with Crippen LogP contribution in [0.15, 0.2) is 215 Å². The maximum atomic E-state index is 6.68. The number of rotatable bonds is 5. The molecular formula is C58H34N2O2. The largest absolute Gasteiger partial charge is 0.455 e. The Morgan fingerprint density at radius 2 is 0.645 bits per heavy atom. The van der Waals surface area contributed by atoms with E-state index in [1.165, 1.54) is 5.56 Å². The van der Waals surface area contributed by atoms with Crippen molar-refractivity contribution in [1.82, 2.24) is 9.97 Å². The van der Waals surface area contributed by atoms with E-state index >= 15 is 0 Å². The van der Waals surface area contributed by atoms with Crippen molar-refractivity contribution in [2.24, 2.45) is 0 Å². The topological polar surface area (TPSA) is 52.1 Å². The molecule has 0 aliphatic carbocycles. The Morgan fingerprint density at radius 3 is 1.18 bits per heavy atom. The van der Waals surface area contributed by atoms with Gasteiger partial charge in [-0.05, 0) is 63.4 Å². The second-order valence-corrected chi connectivity index (χ2v) is 16.0. The number of nitrogens with zero attached hydrogens (tertiary/aromatic N) is 2. The molecule has 4 nitrogen and oxygen atoms in total. The van der Waals surface area contributed by atoms with Crippen molar-refractivity contribution >= 4 is 76.5 Å². The maximum absolute atomic E-state index is 6.68. The summed E-state index contributed by atoms with van der Waals surface area (Å²) in [6.07, 6.45) is 0. The summed E-state index contributed by atoms with van der Waals surface area (Å²) in [6.45, 7) is 0. The van der Waals surface area contributed by atoms with Crippen LogP contribution in [-0.2, 0) is 0 Å². The molecule has 0 radical (unpaired) electrons. The molecule has 3 aromatic heterocycles. The lowest BCUT2D eigenvalue weighted by molar-refractivity contribution is 0.670. The van der Waals surface area contributed by atoms with E-state index in [1.54, 1.807) is 0 Å². The van der Waals surface area contributed by atoms with Crippen LogP contribution >= 0.6 is 0 Å². The monoisotopic (exact) mass is 790 g/mol. The lowest BCUT2D eigenvalue weighted by Crippen LogP contribution is -1.98. The first kappa shape index (κ1) is 34.5. The van der Waals surface area contributed by atoms with Crippen LogP contribution in [0.4, 0.5) is 0 Å². The summed E-state index contributed by atoms with van der Waals surface area (Å²) in [7, 11) is 0. The van der Waals surface area contributed by atoms with Crippen LogP contribution in [0.1, 0.15) is 0 Å². The van der Waals surface area contributed by atoms with Gasteiger partial charge in [0.25, 0.3) is 0 Å². The van der Waals surface area contributed by atoms with E-state index in [0.717, 1.165) is 127 Å². The second-order valence-electron chi connectivity index (χ2n) is 16.0. The number of hydrogen-bond acceptors (Lipinski definition) is 4. The summed E-state index contributed by atoms with van der Waals surface area (Å²) < 4.78 is 13.4. The van der Waals surface area contributed by atoms with E-state index in [0.29, 0.717) is 0 Å². The molecule has 0 unspecified atom stereocenters. The van der Waals surface area contributed by atoms with Gasteiger partial charge in [-0.25, -0.2) is 9.97 Å². The molecule has 0 spiro atoms. The Labute approximate surface area is 356 Å². The van der Waals surface area contributed by atoms with Crippen molar-refractivity contribution in [3.8, 4) is 55.9 Å². The second kappa shape index (κ2) is 13.6. The molecule has 0 atom stereocenters. The number of aromatic nitrogens is 2. The van der Waals surface area contributed by atoms with Crippen LogP contribution in [0.5, 0.6) is 0 Å². The molecule has 0 fully saturated rings. The molecule has 0 amide bonds. The van der Waals surface area contributed by atoms with Gasteiger partial charge in [-0.1, -0.05) is 176 Å². The summed E-state index contributed by atoms with van der Waals surface area (Å²) in [5.74, 6) is 0. The van der Waals surface area contributed by atoms with Crippen molar-refractivity contribution in [3.05, 3.63) is 206 Å². The van der Waals surface area contributed by atoms with Crippen LogP contribution in [0, 0.1) is 0 Å². The smallest absolute Gasteiger partial charge is 0.143 e. The first-order chi connectivity index (χ1) is 30.7. The van der Waals surface area contributed by atoms with Gasteiger partial charge in [-0.3, -0.25) is 0 Å². The van der Waals surface area contributed by atoms with Crippen LogP contribution in [0.25, 0.3) is 132 Å². The van der Waals surface area contributed by atoms with Gasteiger partial charge in [0.1, 0.15) is 22.3 Å². The van der Waals surface area contributed by atoms with Gasteiger partial charge in [0.05, 0.1) is 22.4 Å². The normalized spacial score (nSPS) is 11.9. The fourth-order valence-corrected chi connectivity index (χ4v) is 9.54. The van der Waals surface area contributed by atoms with E-state index in [2.05, 4.69) is 182 Å². The third kappa shape index (κ3) is 5.33. The molecule has 0 bridgehead atoms. The molecule has 62 heavy (non-hydrogen) atoms. The van der Waals surface area contributed by atoms with Crippen molar-refractivity contribution < 1.29 is 8.83 Å². The Balaban J connectivity index is 1.13. The predicted molar refractivity (Wildman–Crippen MR) is 256 cm³/mol. The van der Waals surface area contributed by atoms with E-state index in [1.807, 2.05) is 24.3 Å². The zero-order valence-electron chi connectivity index (χ0n) is 33.3. The lowest BCUT2D eigenvalue weighted by atomic mass is 9.91. The third-order valence-electron chi connectivity index (χ3n) is 12.5. The summed E-state index contributed by atoms with van der Waals surface area (Å²) in [5.41, 5.74) is 15.0. The highest BCUT2D eigenvalue weighted by molar-refractivity contribution is 6.23. The van der Waals surface area contributed by atoms with E-state index in [9.17, 15) is 0 Å². The third-order valence-corrected chi connectivity index (χ3v) is 12.5. The van der Waals surface area contributed by atoms with Gasteiger partial charge in [-0.15, -0.1) is 0 Å². The van der Waals surface area contributed by atoms with Crippen LogP contribution in [0.2, 0.25) is 0 Å². The summed E-state index contributed by atoms with van der Waals surface area (Å²) in [6, 6.07) is 72.5. The molecule has 0 saturated carbocycles. The van der Waals surface area contributed by atoms with Gasteiger partial charge in [0, 0.05) is 54.6 Å². The minimum atomic E-state index is 0.794. The van der Waals surface area contributed by atoms with Gasteiger partial charge >= 0.3 is 0 Å². The highest BCUT2D eigenvalue weighted by Gasteiger charge is 2.22. The average Bonchev–Trinajstić information content (AvgIpc) is 3.93. The van der Waals surface area contributed by atoms with E-state index < -0.39 is 0 Å². The highest BCUT2D eigenvalue weighted by atomic mass is 16.3. The fourth-order valence-electron chi connectivity index (χ4n) is 9.54. The number of furan rings is 2. The van der Waals surface area contributed by atoms with E-state index in [4.69, 9.17) is 18.8 Å². The van der Waals surface area contributed by atoms with Gasteiger partial charge in [-0.2, -0.15) is 0 Å². The van der Waals surface area contributed by atoms with Crippen molar-refractivity contribution in [2.75, 3.05) is 0 Å². The van der Waals surface area contributed by atoms with Crippen molar-refractivity contribution in [1.29, 1.82) is 0 Å². The number of para-hydroxylation sites is 4. The zero-order chi connectivity index (χ0) is 40.7. The summed E-state index contributed by atoms with van der Waals surface area (Å²) >= 11 is 0. The summed E-state index contributed by atoms with van der Waals surface area (Å²) in [4.78, 5) is 11.4. The molecule has 13 aromatic rings. The van der Waals surface area contributed by atoms with Crippen LogP contribution in [0.3, 0.4) is 0 Å². The molecule has 3 heterocycles. The quantitative estimate of drug-likeness (QED) is 0.163. The average molecular weight is 791 g/mol. The molecule has 0 aliphatic rings. The predicted octanol–water partition coefficient (Wildman–Crippen LogP) is 16.1. The fraction of sp³-hybridized carbons (Fsp3) is 0. The molecule has 13 rings (SSSR count). The highest BCUT2D eigenvalue weighted by Crippen LogP contribution is 2.44. The SMILES string of the molecule is c1ccc(-c2ccc(-c3nc4c5ccccc5c5ccccc5c4nc3-c3cc(-c4cccc5c4oc4ccccc45)cc(-c4cccc5c4oc4ccccc45)c3)cc2)cc1. The minimum Gasteiger partial charge on any atom is -0.455 e. The molecule has 0 aliphatic heterocycles. The van der Waals surface area contributed by atoms with Crippen LogP contribution in [-0.4, -0.2) is 9.97 Å². The van der Waals surface area contributed by atoms with Gasteiger partial charge in [0.2, 0.25) is 0 Å². The minimum absolute atomic E-state index is 0.794. The summed E-state index contributed by atoms with van der Waals surface area (Å²) in [5, 5.41) is 8.78. The molecule has 0 saturated heterocycles. The molecule has 4 heteroatoms. The van der Waals surface area contributed by atoms with Crippen molar-refractivity contribution in [2.45, 2.75) is 0 Å². The molecule has 288 valence electrons. The standard InChI is InChI=1S/C58H34N2O2/c1-2-14-35(15-3-1)36-28-30-37(31-29-36)53-54(60-56-48-21-7-5-17-44(48)43-16-4-6-20-47(43)55(56)59-53)40-33-38(41-22-12-24-49-45-18-8-10-26-51(45)61-57(41)49)32-39(34-40)42-23-13-25-50-46-19-9-11-27-52(46)62-58(42)50/h1-34H. The maximum Gasteiger partial charge on any atom is 0.143 e. The Morgan fingerprint density at radius 1 is 0.258 bits per heavy atom. The first-order valence-corrected chi connectivity index (χ1v) is 21.0. The number of fused-ring (bicyclic) bond motifs is 12.